The Morgan fingerprint density at radius 2 is 1.73 bits per heavy atom. The summed E-state index contributed by atoms with van der Waals surface area (Å²) < 4.78 is 24.6. The Labute approximate surface area is 128 Å². The molecule has 0 radical (unpaired) electrons. The molecule has 2 aromatic rings. The van der Waals surface area contributed by atoms with Gasteiger partial charge in [0.05, 0.1) is 4.90 Å². The van der Waals surface area contributed by atoms with Crippen LogP contribution in [-0.2, 0) is 19.8 Å². The molecule has 0 aromatic heterocycles. The number of benzene rings is 2. The SMILES string of the molecule is CC(=O)NONS(=O)(=O)c1cccc2c(N(C)C)cccc12. The minimum absolute atomic E-state index is 0.0686. The van der Waals surface area contributed by atoms with Gasteiger partial charge in [-0.25, -0.2) is 13.9 Å². The van der Waals surface area contributed by atoms with E-state index in [1.54, 1.807) is 18.2 Å². The van der Waals surface area contributed by atoms with Crippen molar-refractivity contribution in [1.29, 1.82) is 0 Å². The zero-order valence-electron chi connectivity index (χ0n) is 12.5. The highest BCUT2D eigenvalue weighted by atomic mass is 32.2. The van der Waals surface area contributed by atoms with Gasteiger partial charge in [-0.15, -0.1) is 0 Å². The van der Waals surface area contributed by atoms with E-state index >= 15 is 0 Å². The molecule has 0 aliphatic rings. The van der Waals surface area contributed by atoms with Crippen LogP contribution in [0.5, 0.6) is 0 Å². The number of rotatable bonds is 5. The van der Waals surface area contributed by atoms with Crippen molar-refractivity contribution < 1.29 is 18.2 Å². The van der Waals surface area contributed by atoms with Gasteiger partial charge in [-0.2, -0.15) is 4.94 Å². The quantitative estimate of drug-likeness (QED) is 0.807. The molecule has 8 heteroatoms. The van der Waals surface area contributed by atoms with Crippen LogP contribution in [0.25, 0.3) is 10.8 Å². The van der Waals surface area contributed by atoms with E-state index in [1.807, 2.05) is 41.5 Å². The summed E-state index contributed by atoms with van der Waals surface area (Å²) in [6, 6.07) is 10.4. The fourth-order valence-electron chi connectivity index (χ4n) is 2.08. The number of carbonyl (C=O) groups is 1. The molecule has 0 heterocycles. The number of hydroxylamine groups is 1. The van der Waals surface area contributed by atoms with Gasteiger partial charge in [-0.05, 0) is 12.1 Å². The van der Waals surface area contributed by atoms with Gasteiger partial charge in [0.1, 0.15) is 0 Å². The Hall–Kier alpha value is -2.16. The van der Waals surface area contributed by atoms with Crippen LogP contribution in [0.3, 0.4) is 0 Å². The van der Waals surface area contributed by atoms with Crippen molar-refractivity contribution in [2.75, 3.05) is 19.0 Å². The second-order valence-electron chi connectivity index (χ2n) is 4.87. The van der Waals surface area contributed by atoms with E-state index in [1.165, 1.54) is 13.0 Å². The number of nitrogens with one attached hydrogen (secondary N) is 2. The zero-order chi connectivity index (χ0) is 16.3. The van der Waals surface area contributed by atoms with Crippen LogP contribution >= 0.6 is 0 Å². The zero-order valence-corrected chi connectivity index (χ0v) is 13.3. The van der Waals surface area contributed by atoms with E-state index in [4.69, 9.17) is 0 Å². The average molecular weight is 323 g/mol. The number of hydrogen-bond acceptors (Lipinski definition) is 5. The molecule has 0 aliphatic heterocycles. The summed E-state index contributed by atoms with van der Waals surface area (Å²) in [5.74, 6) is -0.518. The van der Waals surface area contributed by atoms with Crippen LogP contribution in [0, 0.1) is 0 Å². The van der Waals surface area contributed by atoms with E-state index < -0.39 is 15.9 Å². The van der Waals surface area contributed by atoms with Crippen LogP contribution in [-0.4, -0.2) is 28.4 Å². The Bertz CT molecular complexity index is 803. The lowest BCUT2D eigenvalue weighted by molar-refractivity contribution is -0.133. The molecular weight excluding hydrogens is 306 g/mol. The fourth-order valence-corrected chi connectivity index (χ4v) is 3.05. The second-order valence-corrected chi connectivity index (χ2v) is 6.48. The van der Waals surface area contributed by atoms with Gasteiger partial charge in [-0.3, -0.25) is 4.79 Å². The van der Waals surface area contributed by atoms with Crippen molar-refractivity contribution in [3.8, 4) is 0 Å². The van der Waals surface area contributed by atoms with Gasteiger partial charge in [0.15, 0.2) is 0 Å². The van der Waals surface area contributed by atoms with Crippen molar-refractivity contribution >= 4 is 32.4 Å². The number of sulfonamides is 1. The molecule has 2 aromatic carbocycles. The third-order valence-corrected chi connectivity index (χ3v) is 4.21. The van der Waals surface area contributed by atoms with Gasteiger partial charge in [0.25, 0.3) is 10.0 Å². The highest BCUT2D eigenvalue weighted by molar-refractivity contribution is 7.89. The molecular formula is C14H17N3O4S. The number of amides is 1. The Morgan fingerprint density at radius 3 is 2.36 bits per heavy atom. The van der Waals surface area contributed by atoms with Crippen molar-refractivity contribution in [2.24, 2.45) is 0 Å². The molecule has 0 atom stereocenters. The molecule has 0 aliphatic carbocycles. The predicted octanol–water partition coefficient (Wildman–Crippen LogP) is 1.17. The number of fused-ring (bicyclic) bond motifs is 1. The lowest BCUT2D eigenvalue weighted by Gasteiger charge is -2.17. The van der Waals surface area contributed by atoms with Crippen LogP contribution < -0.4 is 15.3 Å². The molecule has 0 fully saturated rings. The van der Waals surface area contributed by atoms with E-state index in [0.29, 0.717) is 5.39 Å². The third-order valence-electron chi connectivity index (χ3n) is 2.98. The minimum Gasteiger partial charge on any atom is -0.377 e. The molecule has 0 spiro atoms. The standard InChI is InChI=1S/C14H17N3O4S/c1-10(18)15-21-16-22(19,20)14-9-5-6-11-12(14)7-4-8-13(11)17(2)3/h4-9,16H,1-3H3,(H,15,18). The van der Waals surface area contributed by atoms with E-state index in [-0.39, 0.29) is 4.90 Å². The van der Waals surface area contributed by atoms with Crippen LogP contribution in [0.1, 0.15) is 6.92 Å². The summed E-state index contributed by atoms with van der Waals surface area (Å²) in [5.41, 5.74) is 2.81. The maximum atomic E-state index is 12.3. The molecule has 0 unspecified atom stereocenters. The molecule has 0 saturated heterocycles. The number of hydrogen-bond donors (Lipinski definition) is 2. The van der Waals surface area contributed by atoms with E-state index in [9.17, 15) is 13.2 Å². The van der Waals surface area contributed by atoms with Gasteiger partial charge in [-0.1, -0.05) is 29.2 Å². The summed E-state index contributed by atoms with van der Waals surface area (Å²) in [6.07, 6.45) is 0. The molecule has 0 saturated carbocycles. The summed E-state index contributed by atoms with van der Waals surface area (Å²) in [6.45, 7) is 1.20. The summed E-state index contributed by atoms with van der Waals surface area (Å²) in [4.78, 5) is 19.1. The number of nitrogens with zero attached hydrogens (tertiary/aromatic N) is 1. The van der Waals surface area contributed by atoms with Gasteiger partial charge < -0.3 is 4.90 Å². The monoisotopic (exact) mass is 323 g/mol. The number of anilines is 1. The summed E-state index contributed by atoms with van der Waals surface area (Å²) in [7, 11) is -0.164. The summed E-state index contributed by atoms with van der Waals surface area (Å²) in [5, 5.41) is 1.36. The molecule has 7 nitrogen and oxygen atoms in total. The fraction of sp³-hybridized carbons (Fsp3) is 0.214. The molecule has 22 heavy (non-hydrogen) atoms. The van der Waals surface area contributed by atoms with Gasteiger partial charge in [0, 0.05) is 37.5 Å². The lowest BCUT2D eigenvalue weighted by atomic mass is 10.1. The molecule has 0 bridgehead atoms. The van der Waals surface area contributed by atoms with Crippen LogP contribution in [0.2, 0.25) is 0 Å². The second kappa shape index (κ2) is 6.30. The maximum absolute atomic E-state index is 12.3. The summed E-state index contributed by atoms with van der Waals surface area (Å²) >= 11 is 0. The highest BCUT2D eigenvalue weighted by Gasteiger charge is 2.19. The predicted molar refractivity (Wildman–Crippen MR) is 83.5 cm³/mol. The number of carbonyl (C=O) groups excluding carboxylic acids is 1. The van der Waals surface area contributed by atoms with Crippen molar-refractivity contribution in [3.63, 3.8) is 0 Å². The molecule has 2 N–H and O–H groups in total. The van der Waals surface area contributed by atoms with Crippen molar-refractivity contribution in [2.45, 2.75) is 11.8 Å². The largest absolute Gasteiger partial charge is 0.377 e. The topological polar surface area (TPSA) is 87.7 Å². The maximum Gasteiger partial charge on any atom is 0.265 e. The van der Waals surface area contributed by atoms with Gasteiger partial charge in [0.2, 0.25) is 5.91 Å². The first-order chi connectivity index (χ1) is 10.3. The van der Waals surface area contributed by atoms with E-state index in [0.717, 1.165) is 11.1 Å². The minimum atomic E-state index is -3.93. The Balaban J connectivity index is 2.47. The molecule has 2 rings (SSSR count). The highest BCUT2D eigenvalue weighted by Crippen LogP contribution is 2.29. The Morgan fingerprint density at radius 1 is 1.09 bits per heavy atom. The van der Waals surface area contributed by atoms with Crippen molar-refractivity contribution in [1.82, 2.24) is 10.4 Å². The molecule has 1 amide bonds. The Kier molecular flexibility index (Phi) is 4.65. The van der Waals surface area contributed by atoms with Crippen LogP contribution in [0.4, 0.5) is 5.69 Å². The van der Waals surface area contributed by atoms with E-state index in [2.05, 4.69) is 4.94 Å². The normalized spacial score (nSPS) is 11.4. The first-order valence-corrected chi connectivity index (χ1v) is 7.94. The average Bonchev–Trinajstić information content (AvgIpc) is 2.45. The smallest absolute Gasteiger partial charge is 0.265 e. The first kappa shape index (κ1) is 16.2. The van der Waals surface area contributed by atoms with Crippen molar-refractivity contribution in [3.05, 3.63) is 36.4 Å². The van der Waals surface area contributed by atoms with Crippen LogP contribution in [0.15, 0.2) is 41.3 Å². The lowest BCUT2D eigenvalue weighted by Crippen LogP contribution is -2.33. The van der Waals surface area contributed by atoms with Gasteiger partial charge >= 0.3 is 0 Å². The molecule has 118 valence electrons. The third kappa shape index (κ3) is 3.35. The first-order valence-electron chi connectivity index (χ1n) is 6.46.